The fraction of sp³-hybridized carbons (Fsp3) is 0.833. The molecule has 0 amide bonds. The second-order valence-corrected chi connectivity index (χ2v) is 2.78. The number of carbonyl (C=O) groups excluding carboxylic acids is 1. The molecule has 5 nitrogen and oxygen atoms in total. The predicted octanol–water partition coefficient (Wildman–Crippen LogP) is -1.32. The Morgan fingerprint density at radius 3 is 1.85 bits per heavy atom. The van der Waals surface area contributed by atoms with Gasteiger partial charge in [-0.05, 0) is 0 Å². The van der Waals surface area contributed by atoms with Crippen LogP contribution in [-0.2, 0) is 4.79 Å². The molecule has 0 rings (SSSR count). The van der Waals surface area contributed by atoms with Crippen LogP contribution in [0.3, 0.4) is 0 Å². The van der Waals surface area contributed by atoms with Gasteiger partial charge in [0.05, 0.1) is 11.9 Å². The van der Waals surface area contributed by atoms with Crippen molar-refractivity contribution >= 4 is 29.5 Å². The number of rotatable bonds is 4. The van der Waals surface area contributed by atoms with Crippen LogP contribution in [0, 0.1) is 0 Å². The van der Waals surface area contributed by atoms with E-state index in [1.807, 2.05) is 0 Å². The molecule has 13 heavy (non-hydrogen) atoms. The number of aliphatic hydroxyl groups is 4. The highest BCUT2D eigenvalue weighted by Crippen LogP contribution is 1.96. The second-order valence-electron chi connectivity index (χ2n) is 1.97. The molecule has 0 aromatic carbocycles. The van der Waals surface area contributed by atoms with E-state index in [1.54, 1.807) is 0 Å². The lowest BCUT2D eigenvalue weighted by atomic mass is 10.1. The van der Waals surface area contributed by atoms with Gasteiger partial charge in [0, 0.05) is 0 Å². The van der Waals surface area contributed by atoms with E-state index in [2.05, 4.69) is 0 Å². The van der Waals surface area contributed by atoms with Crippen molar-refractivity contribution in [2.24, 2.45) is 0 Å². The molecule has 0 aromatic heterocycles. The van der Waals surface area contributed by atoms with Crippen LogP contribution in [0.25, 0.3) is 0 Å². The lowest BCUT2D eigenvalue weighted by molar-refractivity contribution is -0.127. The second kappa shape index (κ2) is 10.2. The molecular formula is C6H12Cl2O5. The summed E-state index contributed by atoms with van der Waals surface area (Å²) in [4.78, 5) is 9.76. The molecule has 0 aliphatic heterocycles. The van der Waals surface area contributed by atoms with Gasteiger partial charge in [0.15, 0.2) is 6.29 Å². The summed E-state index contributed by atoms with van der Waals surface area (Å²) < 4.78 is 0. The molecule has 0 saturated carbocycles. The summed E-state index contributed by atoms with van der Waals surface area (Å²) in [5, 5.41) is 34.2. The minimum absolute atomic E-state index is 0.0869. The number of carbonyl (C=O) groups is 1. The third kappa shape index (κ3) is 8.42. The lowest BCUT2D eigenvalue weighted by Gasteiger charge is -2.16. The van der Waals surface area contributed by atoms with Gasteiger partial charge in [-0.2, -0.15) is 0 Å². The Balaban J connectivity index is 0. The zero-order chi connectivity index (χ0) is 10.9. The SMILES string of the molecule is ClCCl.O=CC(O)C(O)C(O)CO. The van der Waals surface area contributed by atoms with Crippen molar-refractivity contribution in [1.82, 2.24) is 0 Å². The van der Waals surface area contributed by atoms with Gasteiger partial charge in [0.2, 0.25) is 0 Å². The molecule has 7 heteroatoms. The van der Waals surface area contributed by atoms with Crippen molar-refractivity contribution in [3.8, 4) is 0 Å². The van der Waals surface area contributed by atoms with Crippen LogP contribution in [0.5, 0.6) is 0 Å². The highest BCUT2D eigenvalue weighted by Gasteiger charge is 2.22. The maximum absolute atomic E-state index is 9.76. The summed E-state index contributed by atoms with van der Waals surface area (Å²) >= 11 is 9.53. The molecule has 0 spiro atoms. The molecule has 80 valence electrons. The van der Waals surface area contributed by atoms with E-state index in [-0.39, 0.29) is 11.6 Å². The summed E-state index contributed by atoms with van der Waals surface area (Å²) in [6, 6.07) is 0. The van der Waals surface area contributed by atoms with E-state index >= 15 is 0 Å². The Bertz CT molecular complexity index is 124. The van der Waals surface area contributed by atoms with Crippen molar-refractivity contribution in [3.63, 3.8) is 0 Å². The summed E-state index contributed by atoms with van der Waals surface area (Å²) in [5.74, 6) is 0. The zero-order valence-corrected chi connectivity index (χ0v) is 8.19. The van der Waals surface area contributed by atoms with Crippen molar-refractivity contribution in [2.45, 2.75) is 18.3 Å². The molecule has 0 fully saturated rings. The molecule has 0 saturated heterocycles. The zero-order valence-electron chi connectivity index (χ0n) is 6.68. The maximum atomic E-state index is 9.76. The van der Waals surface area contributed by atoms with Gasteiger partial charge in [0.1, 0.15) is 18.3 Å². The number of aliphatic hydroxyl groups excluding tert-OH is 4. The highest BCUT2D eigenvalue weighted by molar-refractivity contribution is 6.40. The topological polar surface area (TPSA) is 98.0 Å². The van der Waals surface area contributed by atoms with Crippen molar-refractivity contribution < 1.29 is 25.2 Å². The Morgan fingerprint density at radius 2 is 1.62 bits per heavy atom. The summed E-state index contributed by atoms with van der Waals surface area (Å²) in [6.45, 7) is -0.688. The average Bonchev–Trinajstić information content (AvgIpc) is 2.15. The van der Waals surface area contributed by atoms with E-state index in [4.69, 9.17) is 43.6 Å². The number of hydrogen-bond acceptors (Lipinski definition) is 5. The van der Waals surface area contributed by atoms with Crippen LogP contribution in [0.4, 0.5) is 0 Å². The standard InChI is InChI=1S/C5H10O5.CH2Cl2/c6-1-3(8)5(10)4(9)2-7;2-1-3/h1,3-5,7-10H,2H2;1H2. The maximum Gasteiger partial charge on any atom is 0.151 e. The molecule has 0 heterocycles. The Hall–Kier alpha value is 0.0900. The minimum atomic E-state index is -1.64. The van der Waals surface area contributed by atoms with E-state index < -0.39 is 24.9 Å². The van der Waals surface area contributed by atoms with Gasteiger partial charge in [-0.1, -0.05) is 0 Å². The first-order valence-corrected chi connectivity index (χ1v) is 4.34. The molecule has 3 atom stereocenters. The average molecular weight is 235 g/mol. The van der Waals surface area contributed by atoms with Gasteiger partial charge in [-0.25, -0.2) is 0 Å². The van der Waals surface area contributed by atoms with Gasteiger partial charge in [0.25, 0.3) is 0 Å². The molecule has 4 N–H and O–H groups in total. The molecule has 0 radical (unpaired) electrons. The quantitative estimate of drug-likeness (QED) is 0.358. The number of alkyl halides is 2. The monoisotopic (exact) mass is 234 g/mol. The van der Waals surface area contributed by atoms with Crippen LogP contribution in [0.15, 0.2) is 0 Å². The first-order chi connectivity index (χ1) is 6.04. The fourth-order valence-electron chi connectivity index (χ4n) is 0.416. The summed E-state index contributed by atoms with van der Waals surface area (Å²) in [6.07, 6.45) is -4.63. The normalized spacial score (nSPS) is 16.5. The largest absolute Gasteiger partial charge is 0.394 e. The predicted molar refractivity (Wildman–Crippen MR) is 47.7 cm³/mol. The van der Waals surface area contributed by atoms with Crippen LogP contribution < -0.4 is 0 Å². The van der Waals surface area contributed by atoms with E-state index in [9.17, 15) is 4.79 Å². The molecule has 0 aliphatic rings. The van der Waals surface area contributed by atoms with Crippen LogP contribution in [0.1, 0.15) is 0 Å². The highest BCUT2D eigenvalue weighted by atomic mass is 35.5. The Morgan fingerprint density at radius 1 is 1.23 bits per heavy atom. The summed E-state index contributed by atoms with van der Waals surface area (Å²) in [7, 11) is 0. The van der Waals surface area contributed by atoms with Crippen molar-refractivity contribution in [1.29, 1.82) is 0 Å². The number of aldehydes is 1. The molecular weight excluding hydrogens is 223 g/mol. The van der Waals surface area contributed by atoms with Crippen LogP contribution in [0.2, 0.25) is 0 Å². The minimum Gasteiger partial charge on any atom is -0.394 e. The van der Waals surface area contributed by atoms with E-state index in [0.29, 0.717) is 0 Å². The molecule has 0 aromatic rings. The first kappa shape index (κ1) is 15.6. The van der Waals surface area contributed by atoms with Gasteiger partial charge < -0.3 is 25.2 Å². The van der Waals surface area contributed by atoms with Gasteiger partial charge in [-0.3, -0.25) is 0 Å². The Labute approximate surface area is 85.5 Å². The molecule has 3 unspecified atom stereocenters. The van der Waals surface area contributed by atoms with Crippen molar-refractivity contribution in [3.05, 3.63) is 0 Å². The van der Waals surface area contributed by atoms with Crippen LogP contribution in [-0.4, -0.2) is 57.0 Å². The van der Waals surface area contributed by atoms with E-state index in [1.165, 1.54) is 0 Å². The molecule has 0 bridgehead atoms. The molecule has 0 aliphatic carbocycles. The van der Waals surface area contributed by atoms with Crippen LogP contribution >= 0.6 is 23.2 Å². The van der Waals surface area contributed by atoms with Gasteiger partial charge >= 0.3 is 0 Å². The smallest absolute Gasteiger partial charge is 0.151 e. The first-order valence-electron chi connectivity index (χ1n) is 3.27. The van der Waals surface area contributed by atoms with Gasteiger partial charge in [-0.15, -0.1) is 23.2 Å². The summed E-state index contributed by atoms with van der Waals surface area (Å²) in [5.41, 5.74) is 0. The number of halogens is 2. The Kier molecular flexibility index (Phi) is 12.2. The lowest BCUT2D eigenvalue weighted by Crippen LogP contribution is -2.40. The number of hydrogen-bond donors (Lipinski definition) is 4. The third-order valence-corrected chi connectivity index (χ3v) is 1.07. The van der Waals surface area contributed by atoms with Crippen molar-refractivity contribution in [2.75, 3.05) is 11.9 Å². The van der Waals surface area contributed by atoms with E-state index in [0.717, 1.165) is 0 Å². The third-order valence-electron chi connectivity index (χ3n) is 1.07. The fourth-order valence-corrected chi connectivity index (χ4v) is 0.416.